The molecule has 4 nitrogen and oxygen atoms in total. The van der Waals surface area contributed by atoms with Gasteiger partial charge in [-0.05, 0) is 44.2 Å². The highest BCUT2D eigenvalue weighted by Gasteiger charge is 2.13. The van der Waals surface area contributed by atoms with Crippen LogP contribution in [0.15, 0.2) is 47.4 Å². The first-order valence-electron chi connectivity index (χ1n) is 11.9. The minimum Gasteiger partial charge on any atom is -0.442 e. The van der Waals surface area contributed by atoms with Crippen LogP contribution in [0.4, 0.5) is 0 Å². The standard InChI is InChI=1S/C26H38N2O2/c1-2-3-4-5-6-7-8-9-10-11-12-13-14-15-16-19-25(29)26-28-24(22-30-26)23-18-17-20-27-21-23/h9-10,17-18,20-22H,2-8,11-16,19H2,1H3/b10-9+. The molecule has 164 valence electrons. The van der Waals surface area contributed by atoms with Crippen molar-refractivity contribution < 1.29 is 9.21 Å². The van der Waals surface area contributed by atoms with E-state index in [1.54, 1.807) is 12.4 Å². The van der Waals surface area contributed by atoms with Gasteiger partial charge in [-0.1, -0.05) is 70.4 Å². The van der Waals surface area contributed by atoms with Gasteiger partial charge >= 0.3 is 0 Å². The first-order chi connectivity index (χ1) is 14.8. The van der Waals surface area contributed by atoms with Crippen LogP contribution in [0.5, 0.6) is 0 Å². The van der Waals surface area contributed by atoms with E-state index in [9.17, 15) is 4.79 Å². The zero-order valence-corrected chi connectivity index (χ0v) is 18.7. The molecular formula is C26H38N2O2. The van der Waals surface area contributed by atoms with E-state index in [0.717, 1.165) is 18.4 Å². The van der Waals surface area contributed by atoms with Crippen molar-refractivity contribution in [2.75, 3.05) is 0 Å². The van der Waals surface area contributed by atoms with E-state index in [2.05, 4.69) is 29.0 Å². The molecule has 2 heterocycles. The van der Waals surface area contributed by atoms with Crippen LogP contribution in [-0.2, 0) is 0 Å². The predicted octanol–water partition coefficient (Wildman–Crippen LogP) is 7.96. The maximum absolute atomic E-state index is 12.2. The Balaban J connectivity index is 1.45. The highest BCUT2D eigenvalue weighted by Crippen LogP contribution is 2.18. The molecular weight excluding hydrogens is 372 g/mol. The number of aromatic nitrogens is 2. The molecule has 0 aliphatic carbocycles. The second-order valence-corrected chi connectivity index (χ2v) is 8.04. The third-order valence-corrected chi connectivity index (χ3v) is 5.37. The quantitative estimate of drug-likeness (QED) is 0.151. The second-order valence-electron chi connectivity index (χ2n) is 8.04. The Bertz CT molecular complexity index is 722. The van der Waals surface area contributed by atoms with Crippen molar-refractivity contribution in [2.45, 2.75) is 96.8 Å². The highest BCUT2D eigenvalue weighted by molar-refractivity contribution is 5.92. The van der Waals surface area contributed by atoms with Gasteiger partial charge in [-0.25, -0.2) is 4.98 Å². The summed E-state index contributed by atoms with van der Waals surface area (Å²) in [6.45, 7) is 2.26. The number of ketones is 1. The topological polar surface area (TPSA) is 56.0 Å². The lowest BCUT2D eigenvalue weighted by Crippen LogP contribution is -1.99. The molecule has 2 aromatic heterocycles. The third-order valence-electron chi connectivity index (χ3n) is 5.37. The van der Waals surface area contributed by atoms with Gasteiger partial charge in [0.15, 0.2) is 0 Å². The summed E-state index contributed by atoms with van der Waals surface area (Å²) in [4.78, 5) is 20.6. The van der Waals surface area contributed by atoms with Gasteiger partial charge < -0.3 is 4.42 Å². The summed E-state index contributed by atoms with van der Waals surface area (Å²) in [5.74, 6) is 0.201. The van der Waals surface area contributed by atoms with Gasteiger partial charge in [-0.15, -0.1) is 0 Å². The van der Waals surface area contributed by atoms with Crippen LogP contribution >= 0.6 is 0 Å². The van der Waals surface area contributed by atoms with Gasteiger partial charge in [0.2, 0.25) is 5.78 Å². The predicted molar refractivity (Wildman–Crippen MR) is 124 cm³/mol. The van der Waals surface area contributed by atoms with Gasteiger partial charge in [0.05, 0.1) is 0 Å². The minimum absolute atomic E-state index is 0.0113. The lowest BCUT2D eigenvalue weighted by molar-refractivity contribution is 0.0945. The molecule has 0 aliphatic rings. The van der Waals surface area contributed by atoms with Crippen LogP contribution in [0, 0.1) is 0 Å². The number of rotatable bonds is 17. The van der Waals surface area contributed by atoms with Crippen LogP contribution < -0.4 is 0 Å². The lowest BCUT2D eigenvalue weighted by atomic mass is 10.1. The fourth-order valence-corrected chi connectivity index (χ4v) is 3.51. The van der Waals surface area contributed by atoms with Crippen molar-refractivity contribution in [3.8, 4) is 11.3 Å². The fraction of sp³-hybridized carbons (Fsp3) is 0.577. The monoisotopic (exact) mass is 410 g/mol. The largest absolute Gasteiger partial charge is 0.442 e. The molecule has 4 heteroatoms. The number of hydrogen-bond donors (Lipinski definition) is 0. The number of carbonyl (C=O) groups excluding carboxylic acids is 1. The first kappa shape index (κ1) is 24.0. The first-order valence-corrected chi connectivity index (χ1v) is 11.9. The number of hydrogen-bond acceptors (Lipinski definition) is 4. The number of nitrogens with zero attached hydrogens (tertiary/aromatic N) is 2. The van der Waals surface area contributed by atoms with Crippen molar-refractivity contribution in [1.29, 1.82) is 0 Å². The fourth-order valence-electron chi connectivity index (χ4n) is 3.51. The second kappa shape index (κ2) is 15.6. The van der Waals surface area contributed by atoms with Crippen molar-refractivity contribution in [3.63, 3.8) is 0 Å². The van der Waals surface area contributed by atoms with Gasteiger partial charge in [0.25, 0.3) is 5.89 Å². The van der Waals surface area contributed by atoms with E-state index in [1.165, 1.54) is 76.9 Å². The normalized spacial score (nSPS) is 11.4. The van der Waals surface area contributed by atoms with E-state index in [-0.39, 0.29) is 11.7 Å². The van der Waals surface area contributed by atoms with Gasteiger partial charge in [0, 0.05) is 24.4 Å². The van der Waals surface area contributed by atoms with E-state index in [1.807, 2.05) is 12.1 Å². The molecule has 0 spiro atoms. The molecule has 0 aliphatic heterocycles. The number of carbonyl (C=O) groups is 1. The summed E-state index contributed by atoms with van der Waals surface area (Å²) < 4.78 is 5.36. The van der Waals surface area contributed by atoms with Gasteiger partial charge in [0.1, 0.15) is 12.0 Å². The van der Waals surface area contributed by atoms with E-state index in [0.29, 0.717) is 12.1 Å². The number of oxazole rings is 1. The van der Waals surface area contributed by atoms with Crippen molar-refractivity contribution in [2.24, 2.45) is 0 Å². The van der Waals surface area contributed by atoms with Gasteiger partial charge in [-0.3, -0.25) is 9.78 Å². The SMILES string of the molecule is CCCCCCCC/C=C/CCCCCCCC(=O)c1nc(-c2cccnc2)co1. The Morgan fingerprint density at radius 1 is 0.933 bits per heavy atom. The Labute approximate surface area is 182 Å². The summed E-state index contributed by atoms with van der Waals surface area (Å²) in [6.07, 6.45) is 26.5. The Kier molecular flexibility index (Phi) is 12.5. The van der Waals surface area contributed by atoms with Crippen molar-refractivity contribution in [3.05, 3.63) is 48.8 Å². The minimum atomic E-state index is -0.0113. The lowest BCUT2D eigenvalue weighted by Gasteiger charge is -2.00. The zero-order chi connectivity index (χ0) is 21.3. The number of allylic oxidation sites excluding steroid dienone is 2. The molecule has 0 radical (unpaired) electrons. The molecule has 30 heavy (non-hydrogen) atoms. The Morgan fingerprint density at radius 2 is 1.60 bits per heavy atom. The molecule has 0 saturated carbocycles. The van der Waals surface area contributed by atoms with Crippen molar-refractivity contribution in [1.82, 2.24) is 9.97 Å². The number of pyridine rings is 1. The molecule has 0 unspecified atom stereocenters. The molecule has 2 aromatic rings. The summed E-state index contributed by atoms with van der Waals surface area (Å²) in [5.41, 5.74) is 1.53. The third kappa shape index (κ3) is 10.00. The van der Waals surface area contributed by atoms with Crippen LogP contribution in [-0.4, -0.2) is 15.8 Å². The maximum Gasteiger partial charge on any atom is 0.263 e. The summed E-state index contributed by atoms with van der Waals surface area (Å²) in [6, 6.07) is 3.75. The summed E-state index contributed by atoms with van der Waals surface area (Å²) >= 11 is 0. The van der Waals surface area contributed by atoms with Crippen LogP contribution in [0.1, 0.15) is 108 Å². The number of Topliss-reactive ketones (excluding diaryl/α,β-unsaturated/α-hetero) is 1. The summed E-state index contributed by atoms with van der Waals surface area (Å²) in [5, 5.41) is 0. The highest BCUT2D eigenvalue weighted by atomic mass is 16.3. The van der Waals surface area contributed by atoms with Crippen molar-refractivity contribution >= 4 is 5.78 Å². The van der Waals surface area contributed by atoms with E-state index < -0.39 is 0 Å². The smallest absolute Gasteiger partial charge is 0.263 e. The molecule has 0 amide bonds. The molecule has 2 rings (SSSR count). The van der Waals surface area contributed by atoms with Crippen LogP contribution in [0.2, 0.25) is 0 Å². The average Bonchev–Trinajstić information content (AvgIpc) is 3.27. The van der Waals surface area contributed by atoms with E-state index in [4.69, 9.17) is 4.42 Å². The Hall–Kier alpha value is -2.23. The van der Waals surface area contributed by atoms with Gasteiger partial charge in [-0.2, -0.15) is 0 Å². The van der Waals surface area contributed by atoms with Crippen LogP contribution in [0.25, 0.3) is 11.3 Å². The van der Waals surface area contributed by atoms with E-state index >= 15 is 0 Å². The maximum atomic E-state index is 12.2. The van der Waals surface area contributed by atoms with Crippen LogP contribution in [0.3, 0.4) is 0 Å². The average molecular weight is 411 g/mol. The molecule has 0 saturated heterocycles. The Morgan fingerprint density at radius 3 is 2.27 bits per heavy atom. The zero-order valence-electron chi connectivity index (χ0n) is 18.7. The molecule has 0 bridgehead atoms. The number of unbranched alkanes of at least 4 members (excludes halogenated alkanes) is 11. The molecule has 0 fully saturated rings. The molecule has 0 N–H and O–H groups in total. The molecule has 0 atom stereocenters. The molecule has 0 aromatic carbocycles. The summed E-state index contributed by atoms with van der Waals surface area (Å²) in [7, 11) is 0.